The van der Waals surface area contributed by atoms with Crippen molar-refractivity contribution in [3.8, 4) is 6.07 Å². The Bertz CT molecular complexity index is 536. The highest BCUT2D eigenvalue weighted by atomic mass is 15.1. The molecule has 0 saturated heterocycles. The van der Waals surface area contributed by atoms with Crippen molar-refractivity contribution < 1.29 is 0 Å². The van der Waals surface area contributed by atoms with E-state index in [9.17, 15) is 0 Å². The Morgan fingerprint density at radius 1 is 1.17 bits per heavy atom. The zero-order chi connectivity index (χ0) is 17.1. The third kappa shape index (κ3) is 5.30. The molecule has 3 nitrogen and oxygen atoms in total. The lowest BCUT2D eigenvalue weighted by Gasteiger charge is -2.38. The molecule has 0 aliphatic heterocycles. The lowest BCUT2D eigenvalue weighted by atomic mass is 9.69. The van der Waals surface area contributed by atoms with E-state index in [-0.39, 0.29) is 5.41 Å². The van der Waals surface area contributed by atoms with Gasteiger partial charge in [0.05, 0.1) is 11.9 Å². The third-order valence-electron chi connectivity index (χ3n) is 5.02. The minimum absolute atomic E-state index is 0.251. The van der Waals surface area contributed by atoms with Crippen molar-refractivity contribution in [1.82, 2.24) is 10.6 Å². The highest BCUT2D eigenvalue weighted by Crippen LogP contribution is 2.39. The van der Waals surface area contributed by atoms with Crippen LogP contribution in [0.1, 0.15) is 63.9 Å². The average molecular weight is 326 g/mol. The molecule has 1 aliphatic carbocycles. The molecule has 1 aromatic rings. The second-order valence-corrected chi connectivity index (χ2v) is 6.76. The monoisotopic (exact) mass is 325 g/mol. The lowest BCUT2D eigenvalue weighted by molar-refractivity contribution is 0.285. The van der Waals surface area contributed by atoms with E-state index in [1.54, 1.807) is 0 Å². The Labute approximate surface area is 147 Å². The van der Waals surface area contributed by atoms with Gasteiger partial charge in [-0.3, -0.25) is 0 Å². The fraction of sp³-hybridized carbons (Fsp3) is 0.571. The number of nitriles is 1. The molecule has 2 N–H and O–H groups in total. The summed E-state index contributed by atoms with van der Waals surface area (Å²) >= 11 is 0. The predicted octanol–water partition coefficient (Wildman–Crippen LogP) is 4.62. The molecule has 130 valence electrons. The summed E-state index contributed by atoms with van der Waals surface area (Å²) in [4.78, 5) is 0. The standard InChI is InChI=1S/C21H31N3/c1-2-23-20(14-8-4-11-17-22)24-18-21(15-9-5-10-16-21)19-12-6-3-7-13-19/h3,6-7,12-14,23-24H,2,4-5,8-11,15-16,18H2,1H3/b20-14+. The number of benzene rings is 1. The van der Waals surface area contributed by atoms with Crippen molar-refractivity contribution in [2.45, 2.75) is 63.7 Å². The summed E-state index contributed by atoms with van der Waals surface area (Å²) in [6.07, 6.45) is 11.2. The fourth-order valence-corrected chi connectivity index (χ4v) is 3.68. The Morgan fingerprint density at radius 2 is 1.92 bits per heavy atom. The summed E-state index contributed by atoms with van der Waals surface area (Å²) in [5, 5.41) is 15.8. The number of hydrogen-bond donors (Lipinski definition) is 2. The molecule has 0 bridgehead atoms. The summed E-state index contributed by atoms with van der Waals surface area (Å²) in [5.74, 6) is 1.12. The topological polar surface area (TPSA) is 47.9 Å². The first-order valence-electron chi connectivity index (χ1n) is 9.41. The summed E-state index contributed by atoms with van der Waals surface area (Å²) in [6, 6.07) is 13.2. The van der Waals surface area contributed by atoms with E-state index in [1.165, 1.54) is 37.7 Å². The van der Waals surface area contributed by atoms with E-state index in [1.807, 2.05) is 0 Å². The summed E-state index contributed by atoms with van der Waals surface area (Å²) in [7, 11) is 0. The maximum atomic E-state index is 8.67. The smallest absolute Gasteiger partial charge is 0.0945 e. The molecule has 1 aliphatic rings. The van der Waals surface area contributed by atoms with Gasteiger partial charge in [0.25, 0.3) is 0 Å². The Hall–Kier alpha value is -1.95. The highest BCUT2D eigenvalue weighted by Gasteiger charge is 2.33. The second kappa shape index (κ2) is 10.0. The van der Waals surface area contributed by atoms with E-state index < -0.39 is 0 Å². The molecule has 2 rings (SSSR count). The van der Waals surface area contributed by atoms with Crippen LogP contribution in [0.5, 0.6) is 0 Å². The van der Waals surface area contributed by atoms with E-state index in [0.717, 1.165) is 31.8 Å². The van der Waals surface area contributed by atoms with Crippen molar-refractivity contribution in [3.63, 3.8) is 0 Å². The van der Waals surface area contributed by atoms with Crippen LogP contribution in [0, 0.1) is 11.3 Å². The molecule has 0 heterocycles. The molecule has 0 atom stereocenters. The normalized spacial score (nSPS) is 17.1. The van der Waals surface area contributed by atoms with Crippen molar-refractivity contribution in [2.75, 3.05) is 13.1 Å². The lowest BCUT2D eigenvalue weighted by Crippen LogP contribution is -2.41. The van der Waals surface area contributed by atoms with Crippen LogP contribution in [0.2, 0.25) is 0 Å². The minimum atomic E-state index is 0.251. The SMILES string of the molecule is CCN/C(=C\CCCC#N)NCC1(c2ccccc2)CCCCC1. The molecule has 24 heavy (non-hydrogen) atoms. The molecule has 0 unspecified atom stereocenters. The van der Waals surface area contributed by atoms with Gasteiger partial charge in [0.1, 0.15) is 0 Å². The summed E-state index contributed by atoms with van der Waals surface area (Å²) < 4.78 is 0. The van der Waals surface area contributed by atoms with Gasteiger partial charge in [-0.1, -0.05) is 49.6 Å². The van der Waals surface area contributed by atoms with Crippen LogP contribution in [-0.4, -0.2) is 13.1 Å². The molecule has 0 amide bonds. The molecule has 1 saturated carbocycles. The molecule has 0 aromatic heterocycles. The summed E-state index contributed by atoms with van der Waals surface area (Å²) in [6.45, 7) is 4.02. The van der Waals surface area contributed by atoms with Gasteiger partial charge in [-0.15, -0.1) is 0 Å². The molecule has 1 fully saturated rings. The maximum Gasteiger partial charge on any atom is 0.0945 e. The number of allylic oxidation sites excluding steroid dienone is 1. The fourth-order valence-electron chi connectivity index (χ4n) is 3.68. The number of nitrogens with zero attached hydrogens (tertiary/aromatic N) is 1. The summed E-state index contributed by atoms with van der Waals surface area (Å²) in [5.41, 5.74) is 1.72. The van der Waals surface area contributed by atoms with E-state index >= 15 is 0 Å². The number of hydrogen-bond acceptors (Lipinski definition) is 3. The largest absolute Gasteiger partial charge is 0.372 e. The quantitative estimate of drug-likeness (QED) is 0.651. The van der Waals surface area contributed by atoms with Gasteiger partial charge in [0, 0.05) is 24.9 Å². The van der Waals surface area contributed by atoms with Crippen molar-refractivity contribution in [1.29, 1.82) is 5.26 Å². The first-order valence-corrected chi connectivity index (χ1v) is 9.41. The zero-order valence-electron chi connectivity index (χ0n) is 15.0. The first kappa shape index (κ1) is 18.4. The van der Waals surface area contributed by atoms with Gasteiger partial charge in [-0.05, 0) is 44.2 Å². The average Bonchev–Trinajstić information content (AvgIpc) is 2.64. The van der Waals surface area contributed by atoms with Crippen molar-refractivity contribution in [3.05, 3.63) is 47.8 Å². The number of rotatable bonds is 9. The molecule has 0 radical (unpaired) electrons. The van der Waals surface area contributed by atoms with E-state index in [4.69, 9.17) is 5.26 Å². The first-order chi connectivity index (χ1) is 11.8. The van der Waals surface area contributed by atoms with Crippen LogP contribution in [-0.2, 0) is 5.41 Å². The van der Waals surface area contributed by atoms with Gasteiger partial charge >= 0.3 is 0 Å². The third-order valence-corrected chi connectivity index (χ3v) is 5.02. The van der Waals surface area contributed by atoms with Crippen LogP contribution < -0.4 is 10.6 Å². The Balaban J connectivity index is 2.04. The molecular weight excluding hydrogens is 294 g/mol. The highest BCUT2D eigenvalue weighted by molar-refractivity contribution is 5.27. The van der Waals surface area contributed by atoms with Crippen LogP contribution >= 0.6 is 0 Å². The molecule has 0 spiro atoms. The number of unbranched alkanes of at least 4 members (excludes halogenated alkanes) is 2. The van der Waals surface area contributed by atoms with Gasteiger partial charge < -0.3 is 10.6 Å². The van der Waals surface area contributed by atoms with Gasteiger partial charge in [0.2, 0.25) is 0 Å². The van der Waals surface area contributed by atoms with Crippen LogP contribution in [0.25, 0.3) is 0 Å². The van der Waals surface area contributed by atoms with Crippen molar-refractivity contribution in [2.24, 2.45) is 0 Å². The van der Waals surface area contributed by atoms with Gasteiger partial charge in [0.15, 0.2) is 0 Å². The van der Waals surface area contributed by atoms with E-state index in [2.05, 4.69) is 60.0 Å². The van der Waals surface area contributed by atoms with Gasteiger partial charge in [-0.2, -0.15) is 5.26 Å². The Morgan fingerprint density at radius 3 is 2.58 bits per heavy atom. The van der Waals surface area contributed by atoms with Crippen LogP contribution in [0.15, 0.2) is 42.2 Å². The predicted molar refractivity (Wildman–Crippen MR) is 100 cm³/mol. The van der Waals surface area contributed by atoms with Crippen molar-refractivity contribution >= 4 is 0 Å². The molecule has 1 aromatic carbocycles. The minimum Gasteiger partial charge on any atom is -0.372 e. The zero-order valence-corrected chi connectivity index (χ0v) is 15.0. The van der Waals surface area contributed by atoms with Gasteiger partial charge in [-0.25, -0.2) is 0 Å². The second-order valence-electron chi connectivity index (χ2n) is 6.76. The van der Waals surface area contributed by atoms with Crippen LogP contribution in [0.4, 0.5) is 0 Å². The van der Waals surface area contributed by atoms with E-state index in [0.29, 0.717) is 6.42 Å². The maximum absolute atomic E-state index is 8.67. The number of nitrogens with one attached hydrogen (secondary N) is 2. The Kier molecular flexibility index (Phi) is 7.68. The molecule has 3 heteroatoms. The van der Waals surface area contributed by atoms with Crippen LogP contribution in [0.3, 0.4) is 0 Å². The molecular formula is C21H31N3.